The number of nitrogens with zero attached hydrogens (tertiary/aromatic N) is 5. The molecule has 8 nitrogen and oxygen atoms in total. The lowest BCUT2D eigenvalue weighted by molar-refractivity contribution is -0.142. The predicted molar refractivity (Wildman–Crippen MR) is 109 cm³/mol. The number of anilines is 1. The van der Waals surface area contributed by atoms with Crippen LogP contribution >= 0.6 is 0 Å². The first-order valence-electron chi connectivity index (χ1n) is 10.5. The number of carboxylic acids is 1. The van der Waals surface area contributed by atoms with Crippen molar-refractivity contribution in [3.05, 3.63) is 23.8 Å². The maximum Gasteiger partial charge on any atom is 0.306 e. The Balaban J connectivity index is 1.65. The minimum absolute atomic E-state index is 0.267. The van der Waals surface area contributed by atoms with Gasteiger partial charge in [-0.1, -0.05) is 0 Å². The number of hydrogen-bond acceptors (Lipinski definition) is 6. The van der Waals surface area contributed by atoms with Crippen molar-refractivity contribution in [3.63, 3.8) is 0 Å². The van der Waals surface area contributed by atoms with Crippen LogP contribution in [0.15, 0.2) is 12.4 Å². The average Bonchev–Trinajstić information content (AvgIpc) is 3.18. The Hall–Kier alpha value is -2.48. The molecule has 29 heavy (non-hydrogen) atoms. The quantitative estimate of drug-likeness (QED) is 0.715. The molecule has 2 aliphatic rings. The van der Waals surface area contributed by atoms with E-state index in [1.54, 1.807) is 7.11 Å². The zero-order valence-electron chi connectivity index (χ0n) is 17.0. The summed E-state index contributed by atoms with van der Waals surface area (Å²) in [7, 11) is 1.70. The normalized spacial score (nSPS) is 17.3. The summed E-state index contributed by atoms with van der Waals surface area (Å²) < 4.78 is 7.25. The fourth-order valence-corrected chi connectivity index (χ4v) is 4.30. The van der Waals surface area contributed by atoms with E-state index in [2.05, 4.69) is 14.7 Å². The van der Waals surface area contributed by atoms with Crippen LogP contribution in [0, 0.1) is 5.92 Å². The van der Waals surface area contributed by atoms with Gasteiger partial charge in [0, 0.05) is 50.8 Å². The number of ether oxygens (including phenoxy) is 1. The smallest absolute Gasteiger partial charge is 0.306 e. The van der Waals surface area contributed by atoms with Gasteiger partial charge >= 0.3 is 5.97 Å². The largest absolute Gasteiger partial charge is 0.481 e. The van der Waals surface area contributed by atoms with E-state index in [1.807, 2.05) is 12.4 Å². The van der Waals surface area contributed by atoms with E-state index in [1.165, 1.54) is 12.1 Å². The summed E-state index contributed by atoms with van der Waals surface area (Å²) in [4.78, 5) is 23.3. The summed E-state index contributed by atoms with van der Waals surface area (Å²) in [6.07, 6.45) is 10.1. The average molecular weight is 399 g/mol. The molecule has 0 spiro atoms. The molecule has 1 N–H and O–H groups in total. The molecular formula is C21H29N5O3. The second-order valence-corrected chi connectivity index (χ2v) is 7.91. The third kappa shape index (κ3) is 4.27. The highest BCUT2D eigenvalue weighted by Gasteiger charge is 2.28. The number of aryl methyl sites for hydroxylation is 2. The Labute approximate surface area is 170 Å². The predicted octanol–water partition coefficient (Wildman–Crippen LogP) is 2.56. The molecule has 1 fully saturated rings. The highest BCUT2D eigenvalue weighted by atomic mass is 16.5. The van der Waals surface area contributed by atoms with Crippen LogP contribution in [0.5, 0.6) is 0 Å². The number of carboxylic acid groups (broad SMARTS) is 1. The van der Waals surface area contributed by atoms with E-state index in [0.717, 1.165) is 55.0 Å². The lowest BCUT2D eigenvalue weighted by atomic mass is 9.96. The van der Waals surface area contributed by atoms with Crippen molar-refractivity contribution in [1.82, 2.24) is 19.7 Å². The Kier molecular flexibility index (Phi) is 6.08. The van der Waals surface area contributed by atoms with Crippen LogP contribution in [0.1, 0.15) is 43.5 Å². The molecule has 0 saturated carbocycles. The van der Waals surface area contributed by atoms with Crippen molar-refractivity contribution in [2.75, 3.05) is 31.7 Å². The summed E-state index contributed by atoms with van der Waals surface area (Å²) in [6, 6.07) is 0. The number of methoxy groups -OCH3 is 1. The van der Waals surface area contributed by atoms with Gasteiger partial charge in [-0.05, 0) is 44.9 Å². The first-order chi connectivity index (χ1) is 14.2. The van der Waals surface area contributed by atoms with Crippen molar-refractivity contribution < 1.29 is 14.6 Å². The highest BCUT2D eigenvalue weighted by molar-refractivity contribution is 5.75. The van der Waals surface area contributed by atoms with Gasteiger partial charge in [0.15, 0.2) is 5.82 Å². The lowest BCUT2D eigenvalue weighted by Crippen LogP contribution is -2.37. The molecule has 1 saturated heterocycles. The zero-order chi connectivity index (χ0) is 20.2. The van der Waals surface area contributed by atoms with E-state index >= 15 is 0 Å². The Morgan fingerprint density at radius 1 is 1.24 bits per heavy atom. The van der Waals surface area contributed by atoms with Crippen LogP contribution in [0.4, 0.5) is 5.82 Å². The Morgan fingerprint density at radius 2 is 2.07 bits per heavy atom. The highest BCUT2D eigenvalue weighted by Crippen LogP contribution is 2.34. The van der Waals surface area contributed by atoms with Gasteiger partial charge < -0.3 is 14.7 Å². The van der Waals surface area contributed by atoms with Gasteiger partial charge in [-0.3, -0.25) is 14.5 Å². The number of piperidine rings is 1. The summed E-state index contributed by atoms with van der Waals surface area (Å²) in [5.74, 6) is -0.100. The van der Waals surface area contributed by atoms with Crippen LogP contribution < -0.4 is 4.90 Å². The fraction of sp³-hybridized carbons (Fsp3) is 0.619. The zero-order valence-corrected chi connectivity index (χ0v) is 17.0. The maximum atomic E-state index is 11.3. The van der Waals surface area contributed by atoms with Gasteiger partial charge in [-0.25, -0.2) is 4.98 Å². The van der Waals surface area contributed by atoms with Crippen molar-refractivity contribution in [3.8, 4) is 11.3 Å². The van der Waals surface area contributed by atoms with E-state index in [0.29, 0.717) is 32.5 Å². The molecule has 0 bridgehead atoms. The van der Waals surface area contributed by atoms with Crippen molar-refractivity contribution in [2.45, 2.75) is 51.5 Å². The first-order valence-corrected chi connectivity index (χ1v) is 10.5. The van der Waals surface area contributed by atoms with E-state index in [4.69, 9.17) is 14.7 Å². The van der Waals surface area contributed by atoms with Crippen LogP contribution in [-0.4, -0.2) is 57.6 Å². The van der Waals surface area contributed by atoms with Gasteiger partial charge in [0.05, 0.1) is 17.8 Å². The molecule has 0 aliphatic carbocycles. The lowest BCUT2D eigenvalue weighted by Gasteiger charge is -2.32. The number of aromatic nitrogens is 4. The number of aliphatic carboxylic acids is 1. The minimum Gasteiger partial charge on any atom is -0.481 e. The summed E-state index contributed by atoms with van der Waals surface area (Å²) in [5.41, 5.74) is 4.12. The summed E-state index contributed by atoms with van der Waals surface area (Å²) >= 11 is 0. The number of rotatable bonds is 7. The van der Waals surface area contributed by atoms with E-state index in [9.17, 15) is 9.90 Å². The molecular weight excluding hydrogens is 370 g/mol. The van der Waals surface area contributed by atoms with Crippen LogP contribution in [-0.2, 0) is 28.9 Å². The molecule has 0 radical (unpaired) electrons. The van der Waals surface area contributed by atoms with Crippen molar-refractivity contribution in [2.24, 2.45) is 5.92 Å². The number of hydrogen-bond donors (Lipinski definition) is 1. The van der Waals surface area contributed by atoms with Gasteiger partial charge in [-0.2, -0.15) is 5.10 Å². The molecule has 4 rings (SSSR count). The number of fused-ring (bicyclic) bond motifs is 1. The van der Waals surface area contributed by atoms with Crippen molar-refractivity contribution >= 4 is 11.8 Å². The monoisotopic (exact) mass is 399 g/mol. The molecule has 0 aromatic carbocycles. The topological polar surface area (TPSA) is 93.4 Å². The molecule has 0 atom stereocenters. The minimum atomic E-state index is -0.699. The summed E-state index contributed by atoms with van der Waals surface area (Å²) in [6.45, 7) is 3.02. The van der Waals surface area contributed by atoms with Crippen LogP contribution in [0.3, 0.4) is 0 Å². The van der Waals surface area contributed by atoms with Crippen LogP contribution in [0.25, 0.3) is 11.3 Å². The van der Waals surface area contributed by atoms with E-state index in [-0.39, 0.29) is 5.92 Å². The molecule has 0 amide bonds. The molecule has 8 heteroatoms. The third-order valence-electron chi connectivity index (χ3n) is 5.97. The van der Waals surface area contributed by atoms with Gasteiger partial charge in [0.25, 0.3) is 0 Å². The van der Waals surface area contributed by atoms with Gasteiger partial charge in [0.2, 0.25) is 0 Å². The molecule has 2 aromatic rings. The number of carbonyl (C=O) groups is 1. The summed E-state index contributed by atoms with van der Waals surface area (Å²) in [5, 5.41) is 13.9. The van der Waals surface area contributed by atoms with E-state index < -0.39 is 5.97 Å². The first kappa shape index (κ1) is 19.8. The molecule has 156 valence electrons. The second-order valence-electron chi connectivity index (χ2n) is 7.91. The third-order valence-corrected chi connectivity index (χ3v) is 5.97. The molecule has 2 aromatic heterocycles. The molecule has 2 aliphatic heterocycles. The standard InChI is InChI=1S/C21H29N5O3/c1-29-12-4-5-16-13-22-19(17-14-23-26-9-3-2-6-18(17)26)20(24-16)25-10-7-15(8-11-25)21(27)28/h13-15H,2-12H2,1H3,(H,27,28). The Bertz CT molecular complexity index is 858. The van der Waals surface area contributed by atoms with Gasteiger partial charge in [0.1, 0.15) is 5.69 Å². The Morgan fingerprint density at radius 3 is 2.83 bits per heavy atom. The van der Waals surface area contributed by atoms with Crippen molar-refractivity contribution in [1.29, 1.82) is 0 Å². The fourth-order valence-electron chi connectivity index (χ4n) is 4.30. The van der Waals surface area contributed by atoms with Crippen LogP contribution in [0.2, 0.25) is 0 Å². The SMILES string of the molecule is COCCCc1cnc(-c2cnn3c2CCCC3)c(N2CCC(C(=O)O)CC2)n1. The second kappa shape index (κ2) is 8.90. The molecule has 0 unspecified atom stereocenters. The van der Waals surface area contributed by atoms with Gasteiger partial charge in [-0.15, -0.1) is 0 Å². The molecule has 4 heterocycles. The maximum absolute atomic E-state index is 11.3.